The fourth-order valence-corrected chi connectivity index (χ4v) is 5.08. The molecule has 211 valence electrons. The normalized spacial score (nSPS) is 10.3. The monoisotopic (exact) mass is 652 g/mol. The second kappa shape index (κ2) is 14.5. The SMILES string of the molecule is [Cl-].[Cl-].[Cl-].[Fe+3].c1ccc(Cn2c(-c3cccc(-c4nc5ccccc5n4Cc4ccccc4)n3)nc3ccccc32)cc1. The van der Waals surface area contributed by atoms with Gasteiger partial charge < -0.3 is 46.4 Å². The molecule has 0 saturated carbocycles. The predicted molar refractivity (Wildman–Crippen MR) is 153 cm³/mol. The molecule has 0 aliphatic carbocycles. The number of nitrogens with zero attached hydrogens (tertiary/aromatic N) is 5. The number of para-hydroxylation sites is 4. The topological polar surface area (TPSA) is 48.5 Å². The second-order valence-corrected chi connectivity index (χ2v) is 9.40. The number of benzene rings is 4. The standard InChI is InChI=1S/C33H25N5.3ClH.Fe/c1-3-12-24(13-4-1)22-37-30-20-9-7-16-26(30)35-32(37)28-18-11-19-29(34-28)33-36-27-17-8-10-21-31(27)38(33)23-25-14-5-2-6-15-25;;;;/h1-21H,22-23H2;3*1H;/q;;;;+3/p-3. The molecule has 42 heavy (non-hydrogen) atoms. The summed E-state index contributed by atoms with van der Waals surface area (Å²) in [5, 5.41) is 0. The molecule has 0 amide bonds. The van der Waals surface area contributed by atoms with E-state index in [-0.39, 0.29) is 54.3 Å². The average molecular weight is 654 g/mol. The largest absolute Gasteiger partial charge is 3.00 e. The molecule has 0 atom stereocenters. The Morgan fingerprint density at radius 3 is 1.21 bits per heavy atom. The van der Waals surface area contributed by atoms with Gasteiger partial charge in [-0.05, 0) is 47.5 Å². The Hall–Kier alpha value is -3.64. The summed E-state index contributed by atoms with van der Waals surface area (Å²) < 4.78 is 4.51. The smallest absolute Gasteiger partial charge is 1.00 e. The number of fused-ring (bicyclic) bond motifs is 2. The van der Waals surface area contributed by atoms with Crippen LogP contribution in [0.1, 0.15) is 11.1 Å². The molecule has 0 N–H and O–H groups in total. The van der Waals surface area contributed by atoms with Crippen molar-refractivity contribution in [1.82, 2.24) is 24.1 Å². The fraction of sp³-hybridized carbons (Fsp3) is 0.0606. The number of halogens is 3. The van der Waals surface area contributed by atoms with E-state index < -0.39 is 0 Å². The third-order valence-corrected chi connectivity index (χ3v) is 6.88. The van der Waals surface area contributed by atoms with Gasteiger partial charge in [-0.2, -0.15) is 0 Å². The van der Waals surface area contributed by atoms with Gasteiger partial charge in [0.1, 0.15) is 11.4 Å². The van der Waals surface area contributed by atoms with Gasteiger partial charge in [0.2, 0.25) is 0 Å². The molecule has 0 bridgehead atoms. The van der Waals surface area contributed by atoms with Crippen molar-refractivity contribution in [3.63, 3.8) is 0 Å². The minimum absolute atomic E-state index is 0. The fourth-order valence-electron chi connectivity index (χ4n) is 5.08. The maximum absolute atomic E-state index is 5.14. The molecule has 0 aliphatic rings. The number of imidazole rings is 2. The van der Waals surface area contributed by atoms with Crippen LogP contribution in [0.2, 0.25) is 0 Å². The van der Waals surface area contributed by atoms with E-state index in [0.717, 1.165) is 58.2 Å². The van der Waals surface area contributed by atoms with Gasteiger partial charge in [0.05, 0.1) is 22.1 Å². The first-order valence-electron chi connectivity index (χ1n) is 12.8. The molecule has 3 aromatic heterocycles. The quantitative estimate of drug-likeness (QED) is 0.200. The molecule has 5 nitrogen and oxygen atoms in total. The zero-order valence-corrected chi connectivity index (χ0v) is 25.6. The van der Waals surface area contributed by atoms with Crippen molar-refractivity contribution in [2.45, 2.75) is 13.1 Å². The molecule has 0 unspecified atom stereocenters. The molecule has 4 aromatic carbocycles. The van der Waals surface area contributed by atoms with Crippen molar-refractivity contribution in [2.24, 2.45) is 0 Å². The summed E-state index contributed by atoms with van der Waals surface area (Å²) in [6.45, 7) is 1.43. The molecule has 7 rings (SSSR count). The van der Waals surface area contributed by atoms with Crippen LogP contribution in [0.4, 0.5) is 0 Å². The Labute approximate surface area is 273 Å². The van der Waals surface area contributed by atoms with Gasteiger partial charge in [-0.25, -0.2) is 15.0 Å². The Balaban J connectivity index is 0.00000121. The first-order valence-corrected chi connectivity index (χ1v) is 12.8. The number of hydrogen-bond donors (Lipinski definition) is 0. The maximum atomic E-state index is 5.14. The minimum atomic E-state index is 0. The summed E-state index contributed by atoms with van der Waals surface area (Å²) in [4.78, 5) is 15.2. The van der Waals surface area contributed by atoms with E-state index in [2.05, 4.69) is 100 Å². The van der Waals surface area contributed by atoms with E-state index >= 15 is 0 Å². The summed E-state index contributed by atoms with van der Waals surface area (Å²) in [5.74, 6) is 1.70. The Kier molecular flexibility index (Phi) is 11.3. The molecular weight excluding hydrogens is 629 g/mol. The van der Waals surface area contributed by atoms with Crippen LogP contribution in [-0.2, 0) is 30.2 Å². The molecular formula is C33H25Cl3FeN5. The zero-order chi connectivity index (χ0) is 25.3. The van der Waals surface area contributed by atoms with Gasteiger partial charge in [0.15, 0.2) is 11.6 Å². The van der Waals surface area contributed by atoms with E-state index in [0.29, 0.717) is 0 Å². The molecule has 0 fully saturated rings. The van der Waals surface area contributed by atoms with Gasteiger partial charge in [-0.1, -0.05) is 91.0 Å². The van der Waals surface area contributed by atoms with Crippen molar-refractivity contribution in [3.05, 3.63) is 139 Å². The zero-order valence-electron chi connectivity index (χ0n) is 22.3. The predicted octanol–water partition coefficient (Wildman–Crippen LogP) is -1.78. The van der Waals surface area contributed by atoms with E-state index in [1.807, 2.05) is 36.4 Å². The van der Waals surface area contributed by atoms with E-state index in [1.165, 1.54) is 11.1 Å². The molecule has 0 aliphatic heterocycles. The third kappa shape index (κ3) is 6.39. The summed E-state index contributed by atoms with van der Waals surface area (Å²) in [6, 6.07) is 43.6. The molecule has 0 saturated heterocycles. The van der Waals surface area contributed by atoms with Gasteiger partial charge in [0, 0.05) is 13.1 Å². The number of rotatable bonds is 6. The van der Waals surface area contributed by atoms with Gasteiger partial charge in [0.25, 0.3) is 0 Å². The van der Waals surface area contributed by atoms with Crippen molar-refractivity contribution in [1.29, 1.82) is 0 Å². The van der Waals surface area contributed by atoms with Crippen molar-refractivity contribution in [2.75, 3.05) is 0 Å². The summed E-state index contributed by atoms with van der Waals surface area (Å²) in [6.07, 6.45) is 0. The first kappa shape index (κ1) is 32.9. The van der Waals surface area contributed by atoms with Crippen LogP contribution in [0.15, 0.2) is 127 Å². The van der Waals surface area contributed by atoms with E-state index in [1.54, 1.807) is 0 Å². The molecule has 1 radical (unpaired) electrons. The molecule has 7 aromatic rings. The van der Waals surface area contributed by atoms with Crippen molar-refractivity contribution >= 4 is 22.1 Å². The van der Waals surface area contributed by atoms with Crippen LogP contribution in [0, 0.1) is 0 Å². The Morgan fingerprint density at radius 2 is 0.786 bits per heavy atom. The van der Waals surface area contributed by atoms with Gasteiger partial charge in [-0.3, -0.25) is 0 Å². The van der Waals surface area contributed by atoms with Crippen molar-refractivity contribution in [3.8, 4) is 23.0 Å². The summed E-state index contributed by atoms with van der Waals surface area (Å²) in [7, 11) is 0. The number of aromatic nitrogens is 5. The van der Waals surface area contributed by atoms with Crippen molar-refractivity contribution < 1.29 is 54.3 Å². The second-order valence-electron chi connectivity index (χ2n) is 9.40. The van der Waals surface area contributed by atoms with Gasteiger partial charge in [-0.15, -0.1) is 0 Å². The van der Waals surface area contributed by atoms with E-state index in [9.17, 15) is 0 Å². The molecule has 3 heterocycles. The Morgan fingerprint density at radius 1 is 0.405 bits per heavy atom. The minimum Gasteiger partial charge on any atom is -1.00 e. The van der Waals surface area contributed by atoms with Crippen LogP contribution in [-0.4, -0.2) is 24.1 Å². The summed E-state index contributed by atoms with van der Waals surface area (Å²) in [5.41, 5.74) is 8.20. The van der Waals surface area contributed by atoms with Crippen LogP contribution < -0.4 is 37.2 Å². The number of hydrogen-bond acceptors (Lipinski definition) is 3. The Bertz CT molecular complexity index is 1750. The van der Waals surface area contributed by atoms with Crippen LogP contribution in [0.5, 0.6) is 0 Å². The van der Waals surface area contributed by atoms with Crippen LogP contribution in [0.3, 0.4) is 0 Å². The van der Waals surface area contributed by atoms with Gasteiger partial charge >= 0.3 is 17.1 Å². The third-order valence-electron chi connectivity index (χ3n) is 6.88. The van der Waals surface area contributed by atoms with Crippen LogP contribution in [0.25, 0.3) is 45.1 Å². The summed E-state index contributed by atoms with van der Waals surface area (Å²) >= 11 is 0. The first-order chi connectivity index (χ1) is 18.8. The number of pyridine rings is 1. The molecule has 9 heteroatoms. The average Bonchev–Trinajstić information content (AvgIpc) is 3.53. The maximum Gasteiger partial charge on any atom is 3.00 e. The van der Waals surface area contributed by atoms with Crippen LogP contribution >= 0.6 is 0 Å². The van der Waals surface area contributed by atoms with E-state index in [4.69, 9.17) is 15.0 Å². The molecule has 0 spiro atoms.